The largest absolute Gasteiger partial charge is 0.349 e. The Hall–Kier alpha value is -1.38. The number of nitrogens with zero attached hydrogens (tertiary/aromatic N) is 1. The number of carbonyl (C=O) groups is 1. The molecule has 1 amide bonds. The van der Waals surface area contributed by atoms with Crippen LogP contribution in [0, 0.1) is 12.8 Å². The van der Waals surface area contributed by atoms with Crippen LogP contribution in [0.25, 0.3) is 0 Å². The molecule has 1 N–H and O–H groups in total. The van der Waals surface area contributed by atoms with Crippen molar-refractivity contribution in [2.75, 3.05) is 0 Å². The molecule has 0 unspecified atom stereocenters. The van der Waals surface area contributed by atoms with Crippen LogP contribution in [-0.4, -0.2) is 16.9 Å². The zero-order valence-electron chi connectivity index (χ0n) is 9.74. The average molecular weight is 206 g/mol. The molecule has 0 aliphatic rings. The second-order valence-electron chi connectivity index (χ2n) is 4.19. The minimum Gasteiger partial charge on any atom is -0.349 e. The Morgan fingerprint density at radius 1 is 1.40 bits per heavy atom. The van der Waals surface area contributed by atoms with E-state index in [1.165, 1.54) is 0 Å². The summed E-state index contributed by atoms with van der Waals surface area (Å²) in [6.45, 7) is 8.06. The molecule has 0 radical (unpaired) electrons. The molecule has 0 aliphatic heterocycles. The summed E-state index contributed by atoms with van der Waals surface area (Å²) in [5.41, 5.74) is 1.54. The van der Waals surface area contributed by atoms with Crippen LogP contribution >= 0.6 is 0 Å². The van der Waals surface area contributed by atoms with E-state index in [1.807, 2.05) is 13.8 Å². The van der Waals surface area contributed by atoms with Crippen molar-refractivity contribution in [1.82, 2.24) is 10.3 Å². The molecule has 0 spiro atoms. The third-order valence-electron chi connectivity index (χ3n) is 2.52. The first-order chi connectivity index (χ1) is 7.00. The second kappa shape index (κ2) is 4.91. The number of nitrogens with one attached hydrogen (secondary N) is 1. The standard InChI is InChI=1S/C12H18N2O/c1-8(2)10(4)14-12(15)11-5-6-13-9(3)7-11/h5-8,10H,1-4H3,(H,14,15)/t10-/m1/s1. The van der Waals surface area contributed by atoms with Crippen LogP contribution in [0.15, 0.2) is 18.3 Å². The molecule has 1 rings (SSSR count). The van der Waals surface area contributed by atoms with Gasteiger partial charge < -0.3 is 5.32 Å². The smallest absolute Gasteiger partial charge is 0.251 e. The highest BCUT2D eigenvalue weighted by molar-refractivity contribution is 5.94. The van der Waals surface area contributed by atoms with E-state index >= 15 is 0 Å². The summed E-state index contributed by atoms with van der Waals surface area (Å²) in [7, 11) is 0. The molecule has 1 aromatic heterocycles. The maximum absolute atomic E-state index is 11.8. The van der Waals surface area contributed by atoms with Crippen molar-refractivity contribution in [3.8, 4) is 0 Å². The number of hydrogen-bond donors (Lipinski definition) is 1. The molecule has 1 heterocycles. The number of aromatic nitrogens is 1. The molecule has 82 valence electrons. The molecule has 15 heavy (non-hydrogen) atoms. The average Bonchev–Trinajstić information content (AvgIpc) is 2.17. The molecule has 0 fully saturated rings. The Bertz CT molecular complexity index is 347. The Labute approximate surface area is 90.9 Å². The van der Waals surface area contributed by atoms with Gasteiger partial charge in [-0.1, -0.05) is 13.8 Å². The fourth-order valence-electron chi connectivity index (χ4n) is 1.14. The van der Waals surface area contributed by atoms with Crippen LogP contribution in [0.4, 0.5) is 0 Å². The molecule has 0 saturated carbocycles. The lowest BCUT2D eigenvalue weighted by Gasteiger charge is -2.17. The first kappa shape index (κ1) is 11.7. The monoisotopic (exact) mass is 206 g/mol. The molecular weight excluding hydrogens is 188 g/mol. The van der Waals surface area contributed by atoms with Crippen LogP contribution in [-0.2, 0) is 0 Å². The van der Waals surface area contributed by atoms with Gasteiger partial charge in [0.2, 0.25) is 0 Å². The predicted octanol–water partition coefficient (Wildman–Crippen LogP) is 2.16. The third-order valence-corrected chi connectivity index (χ3v) is 2.52. The number of aryl methyl sites for hydroxylation is 1. The molecule has 0 aromatic carbocycles. The normalized spacial score (nSPS) is 12.6. The molecule has 1 aromatic rings. The lowest BCUT2D eigenvalue weighted by molar-refractivity contribution is 0.0930. The summed E-state index contributed by atoms with van der Waals surface area (Å²) in [4.78, 5) is 15.8. The van der Waals surface area contributed by atoms with Gasteiger partial charge in [0.1, 0.15) is 0 Å². The van der Waals surface area contributed by atoms with Crippen molar-refractivity contribution >= 4 is 5.91 Å². The van der Waals surface area contributed by atoms with E-state index in [2.05, 4.69) is 24.1 Å². The lowest BCUT2D eigenvalue weighted by Crippen LogP contribution is -2.36. The minimum atomic E-state index is -0.0262. The van der Waals surface area contributed by atoms with Crippen LogP contribution in [0.5, 0.6) is 0 Å². The maximum atomic E-state index is 11.8. The van der Waals surface area contributed by atoms with Crippen molar-refractivity contribution in [3.05, 3.63) is 29.6 Å². The summed E-state index contributed by atoms with van der Waals surface area (Å²) in [5.74, 6) is 0.415. The van der Waals surface area contributed by atoms with Crippen molar-refractivity contribution in [3.63, 3.8) is 0 Å². The molecule has 3 heteroatoms. The summed E-state index contributed by atoms with van der Waals surface area (Å²) in [6.07, 6.45) is 1.66. The molecule has 3 nitrogen and oxygen atoms in total. The fraction of sp³-hybridized carbons (Fsp3) is 0.500. The van der Waals surface area contributed by atoms with E-state index in [0.717, 1.165) is 5.69 Å². The maximum Gasteiger partial charge on any atom is 0.251 e. The zero-order valence-corrected chi connectivity index (χ0v) is 9.74. The molecule has 0 bridgehead atoms. The summed E-state index contributed by atoms with van der Waals surface area (Å²) < 4.78 is 0. The lowest BCUT2D eigenvalue weighted by atomic mass is 10.1. The van der Waals surface area contributed by atoms with E-state index < -0.39 is 0 Å². The van der Waals surface area contributed by atoms with Crippen molar-refractivity contribution < 1.29 is 4.79 Å². The Balaban J connectivity index is 2.69. The first-order valence-corrected chi connectivity index (χ1v) is 5.24. The fourth-order valence-corrected chi connectivity index (χ4v) is 1.14. The number of carbonyl (C=O) groups excluding carboxylic acids is 1. The van der Waals surface area contributed by atoms with E-state index in [9.17, 15) is 4.79 Å². The highest BCUT2D eigenvalue weighted by Crippen LogP contribution is 2.04. The van der Waals surface area contributed by atoms with Gasteiger partial charge in [-0.15, -0.1) is 0 Å². The van der Waals surface area contributed by atoms with Gasteiger partial charge in [-0.2, -0.15) is 0 Å². The number of rotatable bonds is 3. The van der Waals surface area contributed by atoms with Crippen LogP contribution < -0.4 is 5.32 Å². The summed E-state index contributed by atoms with van der Waals surface area (Å²) >= 11 is 0. The third kappa shape index (κ3) is 3.35. The van der Waals surface area contributed by atoms with Gasteiger partial charge in [-0.25, -0.2) is 0 Å². The predicted molar refractivity (Wildman–Crippen MR) is 60.7 cm³/mol. The van der Waals surface area contributed by atoms with Gasteiger partial charge in [0, 0.05) is 23.5 Å². The highest BCUT2D eigenvalue weighted by atomic mass is 16.1. The Kier molecular flexibility index (Phi) is 3.83. The number of pyridine rings is 1. The molecule has 0 saturated heterocycles. The quantitative estimate of drug-likeness (QED) is 0.823. The van der Waals surface area contributed by atoms with Gasteiger partial charge in [-0.05, 0) is 31.9 Å². The van der Waals surface area contributed by atoms with Gasteiger partial charge >= 0.3 is 0 Å². The minimum absolute atomic E-state index is 0.0262. The first-order valence-electron chi connectivity index (χ1n) is 5.24. The Morgan fingerprint density at radius 3 is 2.60 bits per heavy atom. The topological polar surface area (TPSA) is 42.0 Å². The highest BCUT2D eigenvalue weighted by Gasteiger charge is 2.12. The summed E-state index contributed by atoms with van der Waals surface area (Å²) in [6, 6.07) is 3.71. The Morgan fingerprint density at radius 2 is 2.07 bits per heavy atom. The van der Waals surface area contributed by atoms with Gasteiger partial charge in [0.15, 0.2) is 0 Å². The molecular formula is C12H18N2O. The van der Waals surface area contributed by atoms with Gasteiger partial charge in [0.05, 0.1) is 0 Å². The SMILES string of the molecule is Cc1cc(C(=O)N[C@H](C)C(C)C)ccn1. The van der Waals surface area contributed by atoms with E-state index in [0.29, 0.717) is 11.5 Å². The van der Waals surface area contributed by atoms with E-state index in [4.69, 9.17) is 0 Å². The van der Waals surface area contributed by atoms with Crippen molar-refractivity contribution in [2.24, 2.45) is 5.92 Å². The van der Waals surface area contributed by atoms with Crippen molar-refractivity contribution in [1.29, 1.82) is 0 Å². The number of hydrogen-bond acceptors (Lipinski definition) is 2. The molecule has 0 aliphatic carbocycles. The van der Waals surface area contributed by atoms with Crippen LogP contribution in [0.1, 0.15) is 36.8 Å². The van der Waals surface area contributed by atoms with Gasteiger partial charge in [-0.3, -0.25) is 9.78 Å². The van der Waals surface area contributed by atoms with Gasteiger partial charge in [0.25, 0.3) is 5.91 Å². The summed E-state index contributed by atoms with van der Waals surface area (Å²) in [5, 5.41) is 2.96. The van der Waals surface area contributed by atoms with E-state index in [1.54, 1.807) is 18.3 Å². The van der Waals surface area contributed by atoms with Crippen LogP contribution in [0.2, 0.25) is 0 Å². The number of amides is 1. The molecule has 1 atom stereocenters. The van der Waals surface area contributed by atoms with E-state index in [-0.39, 0.29) is 11.9 Å². The zero-order chi connectivity index (χ0) is 11.4. The van der Waals surface area contributed by atoms with Crippen molar-refractivity contribution in [2.45, 2.75) is 33.7 Å². The second-order valence-corrected chi connectivity index (χ2v) is 4.19. The van der Waals surface area contributed by atoms with Crippen LogP contribution in [0.3, 0.4) is 0 Å².